The molecule has 0 aliphatic carbocycles. The third-order valence-corrected chi connectivity index (χ3v) is 4.38. The zero-order chi connectivity index (χ0) is 17.0. The number of alkyl halides is 3. The van der Waals surface area contributed by atoms with E-state index >= 15 is 0 Å². The number of hydroxylamine groups is 1. The summed E-state index contributed by atoms with van der Waals surface area (Å²) in [5, 5.41) is 0.518. The van der Waals surface area contributed by atoms with Gasteiger partial charge in [-0.05, 0) is 12.1 Å². The molecule has 1 aliphatic heterocycles. The van der Waals surface area contributed by atoms with Crippen molar-refractivity contribution in [3.05, 3.63) is 59.8 Å². The molecule has 0 unspecified atom stereocenters. The van der Waals surface area contributed by atoms with E-state index in [0.717, 1.165) is 17.8 Å². The van der Waals surface area contributed by atoms with Crippen LogP contribution in [0.1, 0.15) is 11.1 Å². The fourth-order valence-corrected chi connectivity index (χ4v) is 2.87. The number of hydrogen-bond acceptors (Lipinski definition) is 5. The first-order valence-electron chi connectivity index (χ1n) is 7.20. The summed E-state index contributed by atoms with van der Waals surface area (Å²) in [6, 6.07) is 12.0. The van der Waals surface area contributed by atoms with E-state index in [1.165, 1.54) is 17.8 Å². The molecule has 4 nitrogen and oxygen atoms in total. The first kappa shape index (κ1) is 16.8. The molecule has 1 atom stereocenters. The van der Waals surface area contributed by atoms with Gasteiger partial charge in [-0.15, -0.1) is 11.8 Å². The minimum Gasteiger partial charge on any atom is -0.269 e. The highest BCUT2D eigenvalue weighted by Crippen LogP contribution is 2.29. The Hall–Kier alpha value is -2.06. The fraction of sp³-hybridized carbons (Fsp3) is 0.250. The van der Waals surface area contributed by atoms with Gasteiger partial charge in [0.05, 0.1) is 17.1 Å². The van der Waals surface area contributed by atoms with Crippen molar-refractivity contribution < 1.29 is 18.0 Å². The van der Waals surface area contributed by atoms with Crippen LogP contribution in [0.4, 0.5) is 13.2 Å². The van der Waals surface area contributed by atoms with E-state index in [1.807, 2.05) is 30.3 Å². The average Bonchev–Trinajstić information content (AvgIpc) is 2.61. The average molecular weight is 353 g/mol. The summed E-state index contributed by atoms with van der Waals surface area (Å²) in [5.74, 6) is 1.21. The van der Waals surface area contributed by atoms with Crippen LogP contribution >= 0.6 is 11.8 Å². The molecule has 1 aromatic carbocycles. The standard InChI is InChI=1S/C16H14F3N3OS/c17-16(18,19)12-6-7-14(20-8-12)24-10-13-9-21-15(22-23-13)11-4-2-1-3-5-11/h1-8,13H,9-10H2,(H,21,22)/t13-/m1/s1. The van der Waals surface area contributed by atoms with Gasteiger partial charge in [-0.3, -0.25) is 9.83 Å². The maximum absolute atomic E-state index is 12.5. The molecule has 3 rings (SSSR count). The van der Waals surface area contributed by atoms with Gasteiger partial charge in [0.15, 0.2) is 5.84 Å². The van der Waals surface area contributed by atoms with Crippen molar-refractivity contribution in [3.8, 4) is 0 Å². The minimum atomic E-state index is -4.37. The number of benzene rings is 1. The lowest BCUT2D eigenvalue weighted by molar-refractivity contribution is -0.137. The molecule has 0 saturated heterocycles. The number of pyridine rings is 1. The molecule has 0 spiro atoms. The van der Waals surface area contributed by atoms with Crippen LogP contribution in [0.3, 0.4) is 0 Å². The van der Waals surface area contributed by atoms with Crippen LogP contribution < -0.4 is 5.48 Å². The topological polar surface area (TPSA) is 46.5 Å². The van der Waals surface area contributed by atoms with Gasteiger partial charge in [-0.2, -0.15) is 13.2 Å². The lowest BCUT2D eigenvalue weighted by atomic mass is 10.2. The fourth-order valence-electron chi connectivity index (χ4n) is 2.05. The number of aromatic nitrogens is 1. The summed E-state index contributed by atoms with van der Waals surface area (Å²) in [5.41, 5.74) is 3.01. The van der Waals surface area contributed by atoms with Gasteiger partial charge in [0, 0.05) is 17.5 Å². The van der Waals surface area contributed by atoms with Gasteiger partial charge in [-0.1, -0.05) is 30.3 Å². The second-order valence-electron chi connectivity index (χ2n) is 5.09. The molecule has 0 saturated carbocycles. The van der Waals surface area contributed by atoms with Gasteiger partial charge in [-0.25, -0.2) is 10.5 Å². The van der Waals surface area contributed by atoms with Crippen LogP contribution in [0.5, 0.6) is 0 Å². The Morgan fingerprint density at radius 3 is 2.54 bits per heavy atom. The number of thioether (sulfide) groups is 1. The Kier molecular flexibility index (Phi) is 5.06. The van der Waals surface area contributed by atoms with Gasteiger partial charge in [0.1, 0.15) is 6.10 Å². The molecular formula is C16H14F3N3OS. The molecule has 8 heteroatoms. The number of rotatable bonds is 4. The molecule has 2 heterocycles. The second kappa shape index (κ2) is 7.23. The van der Waals surface area contributed by atoms with Crippen LogP contribution in [-0.4, -0.2) is 29.2 Å². The summed E-state index contributed by atoms with van der Waals surface area (Å²) in [6.45, 7) is 0.477. The number of amidine groups is 1. The largest absolute Gasteiger partial charge is 0.417 e. The van der Waals surface area contributed by atoms with Crippen molar-refractivity contribution in [2.24, 2.45) is 4.99 Å². The zero-order valence-electron chi connectivity index (χ0n) is 12.5. The van der Waals surface area contributed by atoms with Crippen LogP contribution in [0.15, 0.2) is 58.7 Å². The summed E-state index contributed by atoms with van der Waals surface area (Å²) < 4.78 is 37.4. The normalized spacial score (nSPS) is 18.0. The third kappa shape index (κ3) is 4.27. The van der Waals surface area contributed by atoms with Crippen LogP contribution in [0.25, 0.3) is 0 Å². The highest BCUT2D eigenvalue weighted by atomic mass is 32.2. The summed E-state index contributed by atoms with van der Waals surface area (Å²) in [7, 11) is 0. The predicted molar refractivity (Wildman–Crippen MR) is 85.8 cm³/mol. The number of halogens is 3. The van der Waals surface area contributed by atoms with E-state index in [-0.39, 0.29) is 6.10 Å². The Morgan fingerprint density at radius 2 is 1.96 bits per heavy atom. The van der Waals surface area contributed by atoms with Crippen molar-refractivity contribution in [2.75, 3.05) is 12.3 Å². The second-order valence-corrected chi connectivity index (χ2v) is 6.13. The van der Waals surface area contributed by atoms with E-state index in [4.69, 9.17) is 4.84 Å². The Morgan fingerprint density at radius 1 is 1.17 bits per heavy atom. The number of nitrogens with zero attached hydrogens (tertiary/aromatic N) is 2. The Bertz CT molecular complexity index is 705. The van der Waals surface area contributed by atoms with Gasteiger partial charge in [0.2, 0.25) is 0 Å². The maximum Gasteiger partial charge on any atom is 0.417 e. The van der Waals surface area contributed by atoms with Gasteiger partial charge in [0.25, 0.3) is 0 Å². The molecule has 126 valence electrons. The van der Waals surface area contributed by atoms with Crippen LogP contribution in [0.2, 0.25) is 0 Å². The third-order valence-electron chi connectivity index (χ3n) is 3.30. The smallest absolute Gasteiger partial charge is 0.269 e. The van der Waals surface area contributed by atoms with Crippen LogP contribution in [0, 0.1) is 0 Å². The van der Waals surface area contributed by atoms with Crippen molar-refractivity contribution in [3.63, 3.8) is 0 Å². The number of nitrogens with one attached hydrogen (secondary N) is 1. The minimum absolute atomic E-state index is 0.174. The predicted octanol–water partition coefficient (Wildman–Crippen LogP) is 3.54. The first-order chi connectivity index (χ1) is 11.5. The quantitative estimate of drug-likeness (QED) is 0.854. The van der Waals surface area contributed by atoms with Crippen molar-refractivity contribution in [1.29, 1.82) is 0 Å². The molecule has 24 heavy (non-hydrogen) atoms. The van der Waals surface area contributed by atoms with Crippen molar-refractivity contribution in [1.82, 2.24) is 10.5 Å². The summed E-state index contributed by atoms with van der Waals surface area (Å²) in [4.78, 5) is 13.8. The number of aliphatic imine (C=N–C) groups is 1. The van der Waals surface area contributed by atoms with E-state index in [1.54, 1.807) is 0 Å². The SMILES string of the molecule is FC(F)(F)c1ccc(SC[C@H]2CN=C(c3ccccc3)NO2)nc1. The molecule has 0 amide bonds. The van der Waals surface area contributed by atoms with E-state index in [0.29, 0.717) is 23.2 Å². The first-order valence-corrected chi connectivity index (χ1v) is 8.18. The van der Waals surface area contributed by atoms with E-state index in [9.17, 15) is 13.2 Å². The van der Waals surface area contributed by atoms with Crippen molar-refractivity contribution in [2.45, 2.75) is 17.3 Å². The lowest BCUT2D eigenvalue weighted by Gasteiger charge is -2.22. The Balaban J connectivity index is 1.53. The van der Waals surface area contributed by atoms with Gasteiger partial charge >= 0.3 is 6.18 Å². The lowest BCUT2D eigenvalue weighted by Crippen LogP contribution is -2.38. The summed E-state index contributed by atoms with van der Waals surface area (Å²) >= 11 is 1.33. The van der Waals surface area contributed by atoms with Crippen LogP contribution in [-0.2, 0) is 11.0 Å². The van der Waals surface area contributed by atoms with E-state index < -0.39 is 11.7 Å². The zero-order valence-corrected chi connectivity index (χ0v) is 13.3. The van der Waals surface area contributed by atoms with Crippen molar-refractivity contribution >= 4 is 17.6 Å². The highest BCUT2D eigenvalue weighted by molar-refractivity contribution is 7.99. The Labute approximate surface area is 141 Å². The van der Waals surface area contributed by atoms with Gasteiger partial charge < -0.3 is 0 Å². The number of hydrogen-bond donors (Lipinski definition) is 1. The molecule has 1 aliphatic rings. The molecule has 1 N–H and O–H groups in total. The monoisotopic (exact) mass is 353 g/mol. The summed E-state index contributed by atoms with van der Waals surface area (Å²) in [6.07, 6.45) is -3.70. The molecule has 0 fully saturated rings. The highest BCUT2D eigenvalue weighted by Gasteiger charge is 2.30. The molecule has 0 radical (unpaired) electrons. The molecule has 1 aromatic heterocycles. The molecule has 2 aromatic rings. The maximum atomic E-state index is 12.5. The molecule has 0 bridgehead atoms. The van der Waals surface area contributed by atoms with E-state index in [2.05, 4.69) is 15.5 Å². The molecular weight excluding hydrogens is 339 g/mol.